The van der Waals surface area contributed by atoms with Gasteiger partial charge in [0.05, 0.1) is 12.0 Å². The fourth-order valence-electron chi connectivity index (χ4n) is 3.22. The van der Waals surface area contributed by atoms with Crippen molar-refractivity contribution in [2.75, 3.05) is 13.6 Å². The molecule has 1 amide bonds. The van der Waals surface area contributed by atoms with Gasteiger partial charge in [-0.15, -0.1) is 0 Å². The zero-order valence-corrected chi connectivity index (χ0v) is 15.8. The standard InChI is InChI=1S/C21H17N3O6/c25-20(22-8-13-1-3-16-18(5-13)29-11-27-16)9-24-10-23-15(7-21(24)26)14-2-4-17-19(6-14)30-12-28-17/h1-7,10H,8-9,11-12H2,(H,22,25). The van der Waals surface area contributed by atoms with Gasteiger partial charge < -0.3 is 24.3 Å². The van der Waals surface area contributed by atoms with E-state index in [0.717, 1.165) is 11.1 Å². The Hall–Kier alpha value is -4.01. The number of nitrogens with one attached hydrogen (secondary N) is 1. The van der Waals surface area contributed by atoms with E-state index in [1.54, 1.807) is 24.3 Å². The Bertz CT molecular complexity index is 1190. The molecule has 0 unspecified atom stereocenters. The fraction of sp³-hybridized carbons (Fsp3) is 0.190. The second-order valence-corrected chi connectivity index (χ2v) is 6.77. The molecule has 9 heteroatoms. The van der Waals surface area contributed by atoms with Crippen molar-refractivity contribution in [3.05, 3.63) is 64.7 Å². The number of amides is 1. The van der Waals surface area contributed by atoms with E-state index in [-0.39, 0.29) is 31.6 Å². The first-order valence-electron chi connectivity index (χ1n) is 9.27. The number of fused-ring (bicyclic) bond motifs is 2. The van der Waals surface area contributed by atoms with Gasteiger partial charge >= 0.3 is 0 Å². The lowest BCUT2D eigenvalue weighted by atomic mass is 10.1. The molecule has 2 aliphatic rings. The van der Waals surface area contributed by atoms with Crippen molar-refractivity contribution in [1.29, 1.82) is 0 Å². The predicted molar refractivity (Wildman–Crippen MR) is 104 cm³/mol. The predicted octanol–water partition coefficient (Wildman–Crippen LogP) is 1.68. The molecule has 1 aromatic heterocycles. The third kappa shape index (κ3) is 3.52. The van der Waals surface area contributed by atoms with Gasteiger partial charge in [0.25, 0.3) is 5.56 Å². The fourth-order valence-corrected chi connectivity index (χ4v) is 3.22. The molecule has 2 aliphatic heterocycles. The van der Waals surface area contributed by atoms with Gasteiger partial charge in [-0.05, 0) is 35.9 Å². The van der Waals surface area contributed by atoms with Crippen LogP contribution in [0.3, 0.4) is 0 Å². The number of carbonyl (C=O) groups is 1. The number of rotatable bonds is 5. The van der Waals surface area contributed by atoms with Gasteiger partial charge in [0.2, 0.25) is 19.5 Å². The summed E-state index contributed by atoms with van der Waals surface area (Å²) < 4.78 is 22.5. The number of ether oxygens (including phenoxy) is 4. The molecule has 0 radical (unpaired) electrons. The maximum absolute atomic E-state index is 12.4. The summed E-state index contributed by atoms with van der Waals surface area (Å²) >= 11 is 0. The van der Waals surface area contributed by atoms with Crippen molar-refractivity contribution in [2.24, 2.45) is 0 Å². The molecule has 2 aromatic carbocycles. The van der Waals surface area contributed by atoms with E-state index < -0.39 is 0 Å². The smallest absolute Gasteiger partial charge is 0.254 e. The van der Waals surface area contributed by atoms with Gasteiger partial charge in [-0.1, -0.05) is 6.07 Å². The van der Waals surface area contributed by atoms with Crippen LogP contribution in [0.4, 0.5) is 0 Å². The van der Waals surface area contributed by atoms with Gasteiger partial charge in [0.1, 0.15) is 6.54 Å². The van der Waals surface area contributed by atoms with Crippen molar-refractivity contribution >= 4 is 5.91 Å². The van der Waals surface area contributed by atoms with E-state index in [2.05, 4.69) is 10.3 Å². The minimum atomic E-state index is -0.323. The normalized spacial score (nSPS) is 13.3. The first kappa shape index (κ1) is 18.0. The lowest BCUT2D eigenvalue weighted by Gasteiger charge is -2.09. The van der Waals surface area contributed by atoms with Crippen LogP contribution in [0.15, 0.2) is 53.6 Å². The largest absolute Gasteiger partial charge is 0.454 e. The third-order valence-electron chi connectivity index (χ3n) is 4.79. The molecular formula is C21H17N3O6. The Kier molecular flexibility index (Phi) is 4.47. The number of benzene rings is 2. The van der Waals surface area contributed by atoms with E-state index in [4.69, 9.17) is 18.9 Å². The molecule has 152 valence electrons. The zero-order valence-electron chi connectivity index (χ0n) is 15.8. The molecular weight excluding hydrogens is 390 g/mol. The van der Waals surface area contributed by atoms with Crippen LogP contribution in [0, 0.1) is 0 Å². The van der Waals surface area contributed by atoms with E-state index in [1.165, 1.54) is 17.0 Å². The number of hydrogen-bond acceptors (Lipinski definition) is 7. The highest BCUT2D eigenvalue weighted by Gasteiger charge is 2.16. The molecule has 0 saturated heterocycles. The molecule has 3 aromatic rings. The third-order valence-corrected chi connectivity index (χ3v) is 4.79. The van der Waals surface area contributed by atoms with Crippen LogP contribution in [-0.2, 0) is 17.9 Å². The maximum Gasteiger partial charge on any atom is 0.254 e. The average molecular weight is 407 g/mol. The van der Waals surface area contributed by atoms with Crippen LogP contribution >= 0.6 is 0 Å². The number of nitrogens with zero attached hydrogens (tertiary/aromatic N) is 2. The molecule has 5 rings (SSSR count). The Labute approximate surface area is 170 Å². The summed E-state index contributed by atoms with van der Waals surface area (Å²) in [6.45, 7) is 0.559. The van der Waals surface area contributed by atoms with Crippen LogP contribution in [0.5, 0.6) is 23.0 Å². The van der Waals surface area contributed by atoms with Gasteiger partial charge in [0, 0.05) is 18.2 Å². The molecule has 9 nitrogen and oxygen atoms in total. The molecule has 0 saturated carbocycles. The molecule has 0 spiro atoms. The van der Waals surface area contributed by atoms with Crippen LogP contribution in [0.1, 0.15) is 5.56 Å². The summed E-state index contributed by atoms with van der Waals surface area (Å²) in [4.78, 5) is 29.0. The maximum atomic E-state index is 12.4. The summed E-state index contributed by atoms with van der Waals surface area (Å²) in [5.41, 5.74) is 1.78. The quantitative estimate of drug-likeness (QED) is 0.687. The first-order chi connectivity index (χ1) is 14.7. The minimum Gasteiger partial charge on any atom is -0.454 e. The summed E-state index contributed by atoms with van der Waals surface area (Å²) in [5, 5.41) is 2.79. The summed E-state index contributed by atoms with van der Waals surface area (Å²) in [7, 11) is 0. The lowest BCUT2D eigenvalue weighted by Crippen LogP contribution is -2.31. The van der Waals surface area contributed by atoms with E-state index in [1.807, 2.05) is 12.1 Å². The van der Waals surface area contributed by atoms with Crippen LogP contribution < -0.4 is 29.8 Å². The van der Waals surface area contributed by atoms with Crippen LogP contribution in [0.25, 0.3) is 11.3 Å². The Morgan fingerprint density at radius 3 is 2.40 bits per heavy atom. The number of carbonyl (C=O) groups excluding carboxylic acids is 1. The van der Waals surface area contributed by atoms with Crippen LogP contribution in [0.2, 0.25) is 0 Å². The SMILES string of the molecule is O=C(Cn1cnc(-c2ccc3c(c2)OCO3)cc1=O)NCc1ccc2c(c1)OCO2. The van der Waals surface area contributed by atoms with Crippen molar-refractivity contribution < 1.29 is 23.7 Å². The van der Waals surface area contributed by atoms with Crippen molar-refractivity contribution in [3.63, 3.8) is 0 Å². The van der Waals surface area contributed by atoms with Gasteiger partial charge in [-0.25, -0.2) is 4.98 Å². The number of aromatic nitrogens is 2. The van der Waals surface area contributed by atoms with Gasteiger partial charge in [-0.3, -0.25) is 14.2 Å². The Morgan fingerprint density at radius 2 is 1.63 bits per heavy atom. The van der Waals surface area contributed by atoms with E-state index in [9.17, 15) is 9.59 Å². The second-order valence-electron chi connectivity index (χ2n) is 6.77. The molecule has 3 heterocycles. The first-order valence-corrected chi connectivity index (χ1v) is 9.27. The van der Waals surface area contributed by atoms with E-state index >= 15 is 0 Å². The monoisotopic (exact) mass is 407 g/mol. The molecule has 0 aliphatic carbocycles. The topological polar surface area (TPSA) is 101 Å². The highest BCUT2D eigenvalue weighted by atomic mass is 16.7. The minimum absolute atomic E-state index is 0.127. The Morgan fingerprint density at radius 1 is 0.933 bits per heavy atom. The lowest BCUT2D eigenvalue weighted by molar-refractivity contribution is -0.121. The van der Waals surface area contributed by atoms with Gasteiger partial charge in [-0.2, -0.15) is 0 Å². The summed E-state index contributed by atoms with van der Waals surface area (Å²) in [5.74, 6) is 2.31. The molecule has 0 fully saturated rings. The molecule has 0 atom stereocenters. The zero-order chi connectivity index (χ0) is 20.5. The second kappa shape index (κ2) is 7.43. The molecule has 1 N–H and O–H groups in total. The highest BCUT2D eigenvalue weighted by molar-refractivity contribution is 5.75. The summed E-state index contributed by atoms with van der Waals surface area (Å²) in [6, 6.07) is 12.2. The highest BCUT2D eigenvalue weighted by Crippen LogP contribution is 2.35. The van der Waals surface area contributed by atoms with E-state index in [0.29, 0.717) is 35.2 Å². The number of hydrogen-bond donors (Lipinski definition) is 1. The Balaban J connectivity index is 1.24. The van der Waals surface area contributed by atoms with Gasteiger partial charge in [0.15, 0.2) is 23.0 Å². The van der Waals surface area contributed by atoms with Crippen molar-refractivity contribution in [3.8, 4) is 34.3 Å². The van der Waals surface area contributed by atoms with Crippen LogP contribution in [-0.4, -0.2) is 29.0 Å². The summed E-state index contributed by atoms with van der Waals surface area (Å²) in [6.07, 6.45) is 1.36. The average Bonchev–Trinajstić information content (AvgIpc) is 3.41. The molecule has 0 bridgehead atoms. The molecule has 30 heavy (non-hydrogen) atoms. The van der Waals surface area contributed by atoms with Crippen molar-refractivity contribution in [2.45, 2.75) is 13.1 Å². The van der Waals surface area contributed by atoms with Crippen molar-refractivity contribution in [1.82, 2.24) is 14.9 Å².